The lowest BCUT2D eigenvalue weighted by molar-refractivity contribution is -0.113. The molecule has 1 fully saturated rings. The normalized spacial score (nSPS) is 13.2. The molecule has 6 rings (SSSR count). The number of anilines is 2. The van der Waals surface area contributed by atoms with Crippen molar-refractivity contribution in [1.29, 1.82) is 0 Å². The second-order valence-electron chi connectivity index (χ2n) is 10.7. The number of likely N-dealkylation sites (N-methyl/N-ethyl adjacent to an activating group) is 2. The van der Waals surface area contributed by atoms with Crippen LogP contribution in [-0.2, 0) is 4.79 Å². The number of nitrogen functional groups attached to an aromatic ring is 1. The third-order valence-electron chi connectivity index (χ3n) is 7.69. The van der Waals surface area contributed by atoms with Gasteiger partial charge in [0.15, 0.2) is 11.5 Å². The Bertz CT molecular complexity index is 1870. The summed E-state index contributed by atoms with van der Waals surface area (Å²) < 4.78 is 8.90. The van der Waals surface area contributed by atoms with E-state index < -0.39 is 0 Å². The van der Waals surface area contributed by atoms with Gasteiger partial charge < -0.3 is 15.4 Å². The Hall–Kier alpha value is -5.22. The molecule has 0 spiro atoms. The molecule has 0 bridgehead atoms. The van der Waals surface area contributed by atoms with Crippen molar-refractivity contribution in [2.24, 2.45) is 0 Å². The van der Waals surface area contributed by atoms with Crippen molar-refractivity contribution in [2.75, 3.05) is 31.3 Å². The fourth-order valence-corrected chi connectivity index (χ4v) is 5.12. The van der Waals surface area contributed by atoms with Gasteiger partial charge >= 0.3 is 5.69 Å². The Morgan fingerprint density at radius 2 is 1.67 bits per heavy atom. The highest BCUT2D eigenvalue weighted by atomic mass is 16.5. The molecular weight excluding hydrogens is 542 g/mol. The summed E-state index contributed by atoms with van der Waals surface area (Å²) in [5.74, 6) is 1.36. The smallest absolute Gasteiger partial charge is 0.339 e. The molecule has 2 aromatic heterocycles. The van der Waals surface area contributed by atoms with Crippen molar-refractivity contribution < 1.29 is 9.53 Å². The first kappa shape index (κ1) is 27.9. The van der Waals surface area contributed by atoms with Crippen LogP contribution in [0.4, 0.5) is 11.5 Å². The SMILES string of the molecule is Cc1ccc(-n2c(=O)n(-c3ccc(Oc4ccccc4)cc3)c3c(N)ncnc32)cc1N(C)C(=O)/C=C/CN(C)C1CC1. The summed E-state index contributed by atoms with van der Waals surface area (Å²) in [6.07, 6.45) is 7.25. The number of imidazole rings is 1. The zero-order valence-corrected chi connectivity index (χ0v) is 24.3. The third kappa shape index (κ3) is 5.64. The molecule has 0 saturated heterocycles. The monoisotopic (exact) mass is 575 g/mol. The minimum atomic E-state index is -0.370. The molecule has 2 N–H and O–H groups in total. The number of aryl methyl sites for hydroxylation is 1. The molecule has 0 aliphatic heterocycles. The fraction of sp³-hybridized carbons (Fsp3) is 0.212. The number of ether oxygens (including phenoxy) is 1. The fourth-order valence-electron chi connectivity index (χ4n) is 5.12. The maximum Gasteiger partial charge on any atom is 0.339 e. The topological polar surface area (TPSA) is 112 Å². The third-order valence-corrected chi connectivity index (χ3v) is 7.69. The Labute approximate surface area is 249 Å². The van der Waals surface area contributed by atoms with E-state index in [0.717, 1.165) is 12.1 Å². The number of benzene rings is 3. The van der Waals surface area contributed by atoms with E-state index in [2.05, 4.69) is 21.9 Å². The summed E-state index contributed by atoms with van der Waals surface area (Å²) in [6, 6.07) is 22.8. The number of para-hydroxylation sites is 1. The Balaban J connectivity index is 1.35. The van der Waals surface area contributed by atoms with Crippen LogP contribution in [0.3, 0.4) is 0 Å². The Morgan fingerprint density at radius 1 is 0.977 bits per heavy atom. The molecule has 1 aliphatic rings. The summed E-state index contributed by atoms with van der Waals surface area (Å²) >= 11 is 0. The maximum atomic E-state index is 14.1. The molecule has 0 radical (unpaired) electrons. The molecule has 43 heavy (non-hydrogen) atoms. The molecular formula is C33H33N7O3. The zero-order chi connectivity index (χ0) is 30.1. The van der Waals surface area contributed by atoms with Crippen LogP contribution >= 0.6 is 0 Å². The van der Waals surface area contributed by atoms with Crippen LogP contribution in [0.15, 0.2) is 96.1 Å². The van der Waals surface area contributed by atoms with Crippen molar-refractivity contribution in [3.63, 3.8) is 0 Å². The van der Waals surface area contributed by atoms with Crippen molar-refractivity contribution in [3.8, 4) is 22.9 Å². The summed E-state index contributed by atoms with van der Waals surface area (Å²) in [5, 5.41) is 0. The molecule has 10 nitrogen and oxygen atoms in total. The van der Waals surface area contributed by atoms with Crippen molar-refractivity contribution in [2.45, 2.75) is 25.8 Å². The molecule has 5 aromatic rings. The van der Waals surface area contributed by atoms with Gasteiger partial charge in [-0.25, -0.2) is 19.3 Å². The number of hydrogen-bond donors (Lipinski definition) is 1. The van der Waals surface area contributed by atoms with Gasteiger partial charge in [-0.1, -0.05) is 30.3 Å². The highest BCUT2D eigenvalue weighted by molar-refractivity contribution is 6.01. The summed E-state index contributed by atoms with van der Waals surface area (Å²) in [7, 11) is 3.80. The number of fused-ring (bicyclic) bond motifs is 1. The first-order valence-electron chi connectivity index (χ1n) is 14.1. The lowest BCUT2D eigenvalue weighted by Crippen LogP contribution is -2.26. The van der Waals surface area contributed by atoms with E-state index >= 15 is 0 Å². The molecule has 0 unspecified atom stereocenters. The highest BCUT2D eigenvalue weighted by Crippen LogP contribution is 2.29. The van der Waals surface area contributed by atoms with E-state index in [9.17, 15) is 9.59 Å². The van der Waals surface area contributed by atoms with Gasteiger partial charge in [0, 0.05) is 31.4 Å². The van der Waals surface area contributed by atoms with Crippen molar-refractivity contribution in [3.05, 3.63) is 107 Å². The lowest BCUT2D eigenvalue weighted by atomic mass is 10.1. The van der Waals surface area contributed by atoms with Crippen LogP contribution in [0.25, 0.3) is 22.5 Å². The van der Waals surface area contributed by atoms with Gasteiger partial charge in [-0.3, -0.25) is 14.3 Å². The number of nitrogens with zero attached hydrogens (tertiary/aromatic N) is 6. The van der Waals surface area contributed by atoms with E-state index in [4.69, 9.17) is 10.5 Å². The quantitative estimate of drug-likeness (QED) is 0.250. The largest absolute Gasteiger partial charge is 0.457 e. The van der Waals surface area contributed by atoms with E-state index in [0.29, 0.717) is 45.8 Å². The van der Waals surface area contributed by atoms with Crippen LogP contribution in [-0.4, -0.2) is 56.6 Å². The number of carbonyl (C=O) groups excluding carboxylic acids is 1. The second kappa shape index (κ2) is 11.6. The van der Waals surface area contributed by atoms with Gasteiger partial charge in [-0.15, -0.1) is 0 Å². The van der Waals surface area contributed by atoms with E-state index in [1.165, 1.54) is 28.3 Å². The number of nitrogens with two attached hydrogens (primary N) is 1. The molecule has 1 amide bonds. The van der Waals surface area contributed by atoms with Crippen molar-refractivity contribution in [1.82, 2.24) is 24.0 Å². The molecule has 3 aromatic carbocycles. The summed E-state index contributed by atoms with van der Waals surface area (Å²) in [6.45, 7) is 2.65. The van der Waals surface area contributed by atoms with Crippen LogP contribution in [0.5, 0.6) is 11.5 Å². The summed E-state index contributed by atoms with van der Waals surface area (Å²) in [5.41, 5.74) is 9.38. The number of rotatable bonds is 9. The highest BCUT2D eigenvalue weighted by Gasteiger charge is 2.25. The second-order valence-corrected chi connectivity index (χ2v) is 10.7. The number of amides is 1. The first-order chi connectivity index (χ1) is 20.8. The van der Waals surface area contributed by atoms with Gasteiger partial charge in [-0.2, -0.15) is 0 Å². The van der Waals surface area contributed by atoms with Crippen LogP contribution < -0.4 is 21.1 Å². The van der Waals surface area contributed by atoms with Crippen molar-refractivity contribution >= 4 is 28.6 Å². The van der Waals surface area contributed by atoms with Gasteiger partial charge in [0.05, 0.1) is 11.4 Å². The Morgan fingerprint density at radius 3 is 2.40 bits per heavy atom. The van der Waals surface area contributed by atoms with Crippen LogP contribution in [0.1, 0.15) is 18.4 Å². The zero-order valence-electron chi connectivity index (χ0n) is 24.3. The predicted molar refractivity (Wildman–Crippen MR) is 168 cm³/mol. The molecule has 0 atom stereocenters. The standard InChI is InChI=1S/C33H33N7O3/c1-22-11-12-25(20-28(22)38(3)29(41)10-7-19-37(2)23-13-14-23)40-32-30(31(34)35-21-36-32)39(33(40)42)24-15-17-27(18-16-24)43-26-8-5-4-6-9-26/h4-12,15-18,20-21,23H,13-14,19H2,1-3H3,(H2,34,35,36)/b10-7+. The maximum absolute atomic E-state index is 14.1. The van der Waals surface area contributed by atoms with Gasteiger partial charge in [0.2, 0.25) is 5.91 Å². The molecule has 218 valence electrons. The van der Waals surface area contributed by atoms with Gasteiger partial charge in [0.1, 0.15) is 23.3 Å². The van der Waals surface area contributed by atoms with E-state index in [-0.39, 0.29) is 17.4 Å². The summed E-state index contributed by atoms with van der Waals surface area (Å²) in [4.78, 5) is 39.6. The minimum absolute atomic E-state index is 0.149. The first-order valence-corrected chi connectivity index (χ1v) is 14.1. The Kier molecular flexibility index (Phi) is 7.52. The minimum Gasteiger partial charge on any atom is -0.457 e. The van der Waals surface area contributed by atoms with E-state index in [1.54, 1.807) is 42.3 Å². The number of aromatic nitrogens is 4. The molecule has 1 saturated carbocycles. The molecule has 10 heteroatoms. The number of carbonyl (C=O) groups is 1. The number of hydrogen-bond acceptors (Lipinski definition) is 7. The van der Waals surface area contributed by atoms with Crippen LogP contribution in [0.2, 0.25) is 0 Å². The molecule has 2 heterocycles. The average molecular weight is 576 g/mol. The van der Waals surface area contributed by atoms with Crippen LogP contribution in [0, 0.1) is 6.92 Å². The predicted octanol–water partition coefficient (Wildman–Crippen LogP) is 4.87. The van der Waals surface area contributed by atoms with Gasteiger partial charge in [-0.05, 0) is 80.9 Å². The molecule has 1 aliphatic carbocycles. The lowest BCUT2D eigenvalue weighted by Gasteiger charge is -2.19. The average Bonchev–Trinajstić information content (AvgIpc) is 3.82. The van der Waals surface area contributed by atoms with Gasteiger partial charge in [0.25, 0.3) is 0 Å². The van der Waals surface area contributed by atoms with E-state index in [1.807, 2.05) is 61.5 Å².